The van der Waals surface area contributed by atoms with Gasteiger partial charge in [-0.3, -0.25) is 9.59 Å². The monoisotopic (exact) mass is 447 g/mol. The van der Waals surface area contributed by atoms with Crippen LogP contribution in [0.2, 0.25) is 0 Å². The molecule has 4 rings (SSSR count). The Morgan fingerprint density at radius 2 is 1.79 bits per heavy atom. The Kier molecular flexibility index (Phi) is 6.63. The summed E-state index contributed by atoms with van der Waals surface area (Å²) in [5, 5.41) is 2.82. The number of hydrogen-bond acceptors (Lipinski definition) is 5. The zero-order valence-corrected chi connectivity index (χ0v) is 18.7. The number of carbonyl (C=O) groups is 2. The van der Waals surface area contributed by atoms with Gasteiger partial charge >= 0.3 is 0 Å². The Hall–Kier alpha value is -3.81. The lowest BCUT2D eigenvalue weighted by atomic mass is 9.97. The normalized spacial score (nSPS) is 16.1. The summed E-state index contributed by atoms with van der Waals surface area (Å²) >= 11 is 0. The van der Waals surface area contributed by atoms with Gasteiger partial charge in [-0.15, -0.1) is 0 Å². The van der Waals surface area contributed by atoms with Crippen molar-refractivity contribution in [1.29, 1.82) is 0 Å². The molecule has 1 aliphatic heterocycles. The highest BCUT2D eigenvalue weighted by atomic mass is 19.1. The molecule has 1 aromatic heterocycles. The maximum absolute atomic E-state index is 14.1. The predicted octanol–water partition coefficient (Wildman–Crippen LogP) is 3.24. The van der Waals surface area contributed by atoms with E-state index in [9.17, 15) is 14.0 Å². The number of carbonyl (C=O) groups excluding carboxylic acids is 2. The summed E-state index contributed by atoms with van der Waals surface area (Å²) in [4.78, 5) is 38.0. The second-order valence-corrected chi connectivity index (χ2v) is 7.86. The number of nitrogens with one attached hydrogen (secondary N) is 1. The standard InChI is InChI=1S/C25H26FN5O2/c1-3-30-12-13-31(23(32)19-15-28-25(27-2)29-16-19)22(24(30)33)14-17-8-10-18(11-9-17)20-6-4-5-7-21(20)26/h4-11,15-16,22H,3,12-14H2,1-2H3,(H,27,28,29). The molecule has 1 unspecified atom stereocenters. The van der Waals surface area contributed by atoms with Crippen molar-refractivity contribution >= 4 is 17.8 Å². The molecule has 170 valence electrons. The van der Waals surface area contributed by atoms with Crippen LogP contribution in [-0.2, 0) is 11.2 Å². The molecule has 1 fully saturated rings. The summed E-state index contributed by atoms with van der Waals surface area (Å²) < 4.78 is 14.1. The van der Waals surface area contributed by atoms with Crippen LogP contribution in [-0.4, -0.2) is 64.3 Å². The van der Waals surface area contributed by atoms with Crippen LogP contribution in [0.3, 0.4) is 0 Å². The molecule has 8 heteroatoms. The van der Waals surface area contributed by atoms with Crippen molar-refractivity contribution < 1.29 is 14.0 Å². The van der Waals surface area contributed by atoms with Gasteiger partial charge in [0.25, 0.3) is 5.91 Å². The third-order valence-electron chi connectivity index (χ3n) is 5.92. The van der Waals surface area contributed by atoms with Crippen LogP contribution in [0.4, 0.5) is 10.3 Å². The van der Waals surface area contributed by atoms with E-state index in [4.69, 9.17) is 0 Å². The van der Waals surface area contributed by atoms with Crippen LogP contribution < -0.4 is 5.32 Å². The minimum absolute atomic E-state index is 0.0805. The third-order valence-corrected chi connectivity index (χ3v) is 5.92. The van der Waals surface area contributed by atoms with Crippen molar-refractivity contribution in [2.24, 2.45) is 0 Å². The average Bonchev–Trinajstić information content (AvgIpc) is 2.86. The number of piperazine rings is 1. The number of amides is 2. The predicted molar refractivity (Wildman–Crippen MR) is 124 cm³/mol. The van der Waals surface area contributed by atoms with E-state index in [0.29, 0.717) is 43.1 Å². The first-order chi connectivity index (χ1) is 16.0. The van der Waals surface area contributed by atoms with Crippen LogP contribution in [0.15, 0.2) is 60.9 Å². The number of likely N-dealkylation sites (N-methyl/N-ethyl adjacent to an activating group) is 1. The van der Waals surface area contributed by atoms with E-state index in [1.165, 1.54) is 18.5 Å². The van der Waals surface area contributed by atoms with Gasteiger partial charge in [0.15, 0.2) is 0 Å². The average molecular weight is 448 g/mol. The van der Waals surface area contributed by atoms with Gasteiger partial charge in [0, 0.05) is 51.1 Å². The molecule has 0 radical (unpaired) electrons. The number of nitrogens with zero attached hydrogens (tertiary/aromatic N) is 4. The Balaban J connectivity index is 1.58. The van der Waals surface area contributed by atoms with Crippen molar-refractivity contribution in [3.8, 4) is 11.1 Å². The Morgan fingerprint density at radius 1 is 1.09 bits per heavy atom. The smallest absolute Gasteiger partial charge is 0.257 e. The minimum Gasteiger partial charge on any atom is -0.357 e. The molecule has 0 bridgehead atoms. The molecule has 33 heavy (non-hydrogen) atoms. The summed E-state index contributed by atoms with van der Waals surface area (Å²) in [6, 6.07) is 13.4. The topological polar surface area (TPSA) is 78.4 Å². The van der Waals surface area contributed by atoms with E-state index >= 15 is 0 Å². The van der Waals surface area contributed by atoms with E-state index in [1.54, 1.807) is 35.0 Å². The Labute approximate surface area is 192 Å². The van der Waals surface area contributed by atoms with Gasteiger partial charge in [-0.1, -0.05) is 42.5 Å². The second-order valence-electron chi connectivity index (χ2n) is 7.86. The summed E-state index contributed by atoms with van der Waals surface area (Å²) in [6.07, 6.45) is 3.31. The first-order valence-corrected chi connectivity index (χ1v) is 10.9. The fraction of sp³-hybridized carbons (Fsp3) is 0.280. The van der Waals surface area contributed by atoms with Crippen LogP contribution in [0.25, 0.3) is 11.1 Å². The van der Waals surface area contributed by atoms with Gasteiger partial charge in [0.2, 0.25) is 11.9 Å². The largest absolute Gasteiger partial charge is 0.357 e. The molecular weight excluding hydrogens is 421 g/mol. The summed E-state index contributed by atoms with van der Waals surface area (Å²) in [5.41, 5.74) is 2.52. The number of aromatic nitrogens is 2. The highest BCUT2D eigenvalue weighted by molar-refractivity contribution is 5.98. The molecule has 2 aromatic carbocycles. The van der Waals surface area contributed by atoms with Crippen LogP contribution in [0, 0.1) is 5.82 Å². The zero-order chi connectivity index (χ0) is 23.4. The van der Waals surface area contributed by atoms with Crippen molar-refractivity contribution in [2.45, 2.75) is 19.4 Å². The van der Waals surface area contributed by atoms with Crippen LogP contribution in [0.1, 0.15) is 22.8 Å². The highest BCUT2D eigenvalue weighted by Gasteiger charge is 2.37. The van der Waals surface area contributed by atoms with Gasteiger partial charge in [0.05, 0.1) is 5.56 Å². The summed E-state index contributed by atoms with van der Waals surface area (Å²) in [5.74, 6) is -0.211. The van der Waals surface area contributed by atoms with Crippen molar-refractivity contribution in [1.82, 2.24) is 19.8 Å². The lowest BCUT2D eigenvalue weighted by molar-refractivity contribution is -0.139. The van der Waals surface area contributed by atoms with Gasteiger partial charge in [-0.2, -0.15) is 0 Å². The fourth-order valence-electron chi connectivity index (χ4n) is 4.07. The molecule has 2 amide bonds. The third kappa shape index (κ3) is 4.69. The molecular formula is C25H26FN5O2. The van der Waals surface area contributed by atoms with E-state index in [0.717, 1.165) is 11.1 Å². The first kappa shape index (κ1) is 22.4. The highest BCUT2D eigenvalue weighted by Crippen LogP contribution is 2.25. The van der Waals surface area contributed by atoms with E-state index < -0.39 is 6.04 Å². The molecule has 0 aliphatic carbocycles. The van der Waals surface area contributed by atoms with Crippen LogP contribution in [0.5, 0.6) is 0 Å². The first-order valence-electron chi connectivity index (χ1n) is 10.9. The van der Waals surface area contributed by atoms with Crippen molar-refractivity contribution in [2.75, 3.05) is 32.0 Å². The molecule has 0 saturated carbocycles. The second kappa shape index (κ2) is 9.77. The molecule has 1 saturated heterocycles. The maximum atomic E-state index is 14.1. The molecule has 1 atom stereocenters. The fourth-order valence-corrected chi connectivity index (χ4v) is 4.07. The van der Waals surface area contributed by atoms with Crippen molar-refractivity contribution in [3.05, 3.63) is 77.9 Å². The number of halogens is 1. The summed E-state index contributed by atoms with van der Waals surface area (Å²) in [7, 11) is 1.70. The lowest BCUT2D eigenvalue weighted by Crippen LogP contribution is -2.59. The number of hydrogen-bond donors (Lipinski definition) is 1. The van der Waals surface area contributed by atoms with E-state index in [-0.39, 0.29) is 17.6 Å². The van der Waals surface area contributed by atoms with Crippen molar-refractivity contribution in [3.63, 3.8) is 0 Å². The number of benzene rings is 2. The van der Waals surface area contributed by atoms with E-state index in [2.05, 4.69) is 15.3 Å². The molecule has 3 aromatic rings. The van der Waals surface area contributed by atoms with Gasteiger partial charge in [0.1, 0.15) is 11.9 Å². The Morgan fingerprint density at radius 3 is 2.42 bits per heavy atom. The molecule has 0 spiro atoms. The number of rotatable bonds is 6. The Bertz CT molecular complexity index is 1130. The van der Waals surface area contributed by atoms with Gasteiger partial charge in [-0.25, -0.2) is 14.4 Å². The van der Waals surface area contributed by atoms with Crippen LogP contribution >= 0.6 is 0 Å². The molecule has 2 heterocycles. The molecule has 1 aliphatic rings. The zero-order valence-electron chi connectivity index (χ0n) is 18.7. The SMILES string of the molecule is CCN1CCN(C(=O)c2cnc(NC)nc2)C(Cc2ccc(-c3ccccc3F)cc2)C1=O. The quantitative estimate of drug-likeness (QED) is 0.628. The number of anilines is 1. The van der Waals surface area contributed by atoms with Gasteiger partial charge in [-0.05, 0) is 24.1 Å². The maximum Gasteiger partial charge on any atom is 0.257 e. The van der Waals surface area contributed by atoms with Gasteiger partial charge < -0.3 is 15.1 Å². The minimum atomic E-state index is -0.630. The molecule has 7 nitrogen and oxygen atoms in total. The van der Waals surface area contributed by atoms with E-state index in [1.807, 2.05) is 31.2 Å². The summed E-state index contributed by atoms with van der Waals surface area (Å²) in [6.45, 7) is 3.44. The lowest BCUT2D eigenvalue weighted by Gasteiger charge is -2.40. The molecule has 1 N–H and O–H groups in total.